The summed E-state index contributed by atoms with van der Waals surface area (Å²) in [5.74, 6) is -1.77. The first-order chi connectivity index (χ1) is 8.70. The molecule has 0 aromatic heterocycles. The predicted octanol–water partition coefficient (Wildman–Crippen LogP) is 1.43. The van der Waals surface area contributed by atoms with E-state index in [0.29, 0.717) is 12.8 Å². The second-order valence-corrected chi connectivity index (χ2v) is 6.18. The highest BCUT2D eigenvalue weighted by molar-refractivity contribution is 5.93. The monoisotopic (exact) mass is 269 g/mol. The number of hydrogen-bond donors (Lipinski definition) is 1. The number of carbonyl (C=O) groups excluding carboxylic acids is 2. The van der Waals surface area contributed by atoms with Crippen molar-refractivity contribution in [1.29, 1.82) is 0 Å². The van der Waals surface area contributed by atoms with Crippen molar-refractivity contribution in [2.75, 3.05) is 0 Å². The summed E-state index contributed by atoms with van der Waals surface area (Å²) in [5.41, 5.74) is -0.680. The molecule has 2 saturated heterocycles. The molecule has 1 amide bonds. The van der Waals surface area contributed by atoms with E-state index in [4.69, 9.17) is 4.74 Å². The van der Waals surface area contributed by atoms with E-state index in [1.54, 1.807) is 20.8 Å². The van der Waals surface area contributed by atoms with Crippen LogP contribution >= 0.6 is 0 Å². The molecular formula is C13H19NO5. The molecule has 2 aliphatic heterocycles. The maximum atomic E-state index is 12.2. The van der Waals surface area contributed by atoms with E-state index >= 15 is 0 Å². The fraction of sp³-hybridized carbons (Fsp3) is 0.769. The number of rotatable bonds is 1. The molecule has 1 saturated carbocycles. The van der Waals surface area contributed by atoms with E-state index in [1.807, 2.05) is 0 Å². The average Bonchev–Trinajstić information content (AvgIpc) is 2.25. The Kier molecular flexibility index (Phi) is 3.28. The summed E-state index contributed by atoms with van der Waals surface area (Å²) in [4.78, 5) is 36.6. The van der Waals surface area contributed by atoms with Crippen LogP contribution in [0.3, 0.4) is 0 Å². The summed E-state index contributed by atoms with van der Waals surface area (Å²) in [6, 6.07) is -1.41. The lowest BCUT2D eigenvalue weighted by Gasteiger charge is -2.48. The number of amides is 1. The summed E-state index contributed by atoms with van der Waals surface area (Å²) in [6.07, 6.45) is 0.814. The van der Waals surface area contributed by atoms with E-state index in [0.717, 1.165) is 0 Å². The van der Waals surface area contributed by atoms with Gasteiger partial charge in [0.05, 0.1) is 0 Å². The SMILES string of the molecule is CC(C)(C)OC(=O)N1C2CCC(C(=O)C2)C1C(=O)O. The normalized spacial score (nSPS) is 30.4. The molecule has 2 heterocycles. The third kappa shape index (κ3) is 2.57. The smallest absolute Gasteiger partial charge is 0.411 e. The number of ketones is 1. The topological polar surface area (TPSA) is 83.9 Å². The molecule has 0 aromatic carbocycles. The van der Waals surface area contributed by atoms with Gasteiger partial charge in [0, 0.05) is 18.4 Å². The Morgan fingerprint density at radius 3 is 2.42 bits per heavy atom. The van der Waals surface area contributed by atoms with Gasteiger partial charge in [0.25, 0.3) is 0 Å². The lowest BCUT2D eigenvalue weighted by Crippen LogP contribution is -2.64. The average molecular weight is 269 g/mol. The van der Waals surface area contributed by atoms with Crippen LogP contribution in [0.4, 0.5) is 4.79 Å². The Labute approximate surface area is 111 Å². The van der Waals surface area contributed by atoms with Crippen molar-refractivity contribution in [3.8, 4) is 0 Å². The van der Waals surface area contributed by atoms with E-state index < -0.39 is 29.6 Å². The Balaban J connectivity index is 2.25. The first-order valence-electron chi connectivity index (χ1n) is 6.47. The molecule has 19 heavy (non-hydrogen) atoms. The first kappa shape index (κ1) is 13.8. The van der Waals surface area contributed by atoms with Gasteiger partial charge in [-0.1, -0.05) is 0 Å². The summed E-state index contributed by atoms with van der Waals surface area (Å²) in [7, 11) is 0. The minimum atomic E-state index is -1.13. The minimum absolute atomic E-state index is 0.0524. The molecular weight excluding hydrogens is 250 g/mol. The van der Waals surface area contributed by atoms with Crippen molar-refractivity contribution in [3.63, 3.8) is 0 Å². The predicted molar refractivity (Wildman–Crippen MR) is 65.6 cm³/mol. The Morgan fingerprint density at radius 2 is 1.95 bits per heavy atom. The molecule has 6 nitrogen and oxygen atoms in total. The third-order valence-electron chi connectivity index (χ3n) is 3.59. The molecule has 3 rings (SSSR count). The number of carbonyl (C=O) groups is 3. The highest BCUT2D eigenvalue weighted by Gasteiger charge is 2.52. The standard InChI is InChI=1S/C13H19NO5/c1-13(2,3)19-12(18)14-7-4-5-8(9(15)6-7)10(14)11(16)17/h7-8,10H,4-6H2,1-3H3,(H,16,17). The van der Waals surface area contributed by atoms with Gasteiger partial charge in [0.2, 0.25) is 0 Å². The van der Waals surface area contributed by atoms with Crippen molar-refractivity contribution in [2.24, 2.45) is 5.92 Å². The highest BCUT2D eigenvalue weighted by atomic mass is 16.6. The highest BCUT2D eigenvalue weighted by Crippen LogP contribution is 2.38. The van der Waals surface area contributed by atoms with Gasteiger partial charge in [-0.25, -0.2) is 9.59 Å². The van der Waals surface area contributed by atoms with Crippen molar-refractivity contribution in [1.82, 2.24) is 4.90 Å². The zero-order valence-electron chi connectivity index (χ0n) is 11.4. The van der Waals surface area contributed by atoms with Gasteiger partial charge in [0.1, 0.15) is 17.4 Å². The maximum Gasteiger partial charge on any atom is 0.411 e. The summed E-state index contributed by atoms with van der Waals surface area (Å²) in [5, 5.41) is 9.29. The number of piperidine rings is 2. The van der Waals surface area contributed by atoms with Crippen LogP contribution in [0.5, 0.6) is 0 Å². The second kappa shape index (κ2) is 4.51. The number of Topliss-reactive ketones (excluding diaryl/α,β-unsaturated/α-hetero) is 1. The van der Waals surface area contributed by atoms with Crippen LogP contribution in [-0.2, 0) is 14.3 Å². The van der Waals surface area contributed by atoms with E-state index in [2.05, 4.69) is 0 Å². The minimum Gasteiger partial charge on any atom is -0.480 e. The quantitative estimate of drug-likeness (QED) is 0.778. The van der Waals surface area contributed by atoms with Crippen LogP contribution in [-0.4, -0.2) is 45.5 Å². The largest absolute Gasteiger partial charge is 0.480 e. The van der Waals surface area contributed by atoms with Crippen molar-refractivity contribution in [3.05, 3.63) is 0 Å². The van der Waals surface area contributed by atoms with Gasteiger partial charge in [-0.3, -0.25) is 9.69 Å². The number of nitrogens with zero attached hydrogens (tertiary/aromatic N) is 1. The molecule has 0 spiro atoms. The molecule has 0 aromatic rings. The van der Waals surface area contributed by atoms with Gasteiger partial charge in [-0.15, -0.1) is 0 Å². The van der Waals surface area contributed by atoms with Crippen LogP contribution in [0.15, 0.2) is 0 Å². The third-order valence-corrected chi connectivity index (χ3v) is 3.59. The fourth-order valence-electron chi connectivity index (χ4n) is 2.88. The van der Waals surface area contributed by atoms with Crippen molar-refractivity contribution in [2.45, 2.75) is 57.7 Å². The number of fused-ring (bicyclic) bond motifs is 3. The van der Waals surface area contributed by atoms with E-state index in [-0.39, 0.29) is 18.2 Å². The lowest BCUT2D eigenvalue weighted by atomic mass is 9.74. The molecule has 0 radical (unpaired) electrons. The Bertz CT molecular complexity index is 425. The molecule has 106 valence electrons. The molecule has 1 N–H and O–H groups in total. The van der Waals surface area contributed by atoms with Gasteiger partial charge < -0.3 is 9.84 Å². The molecule has 3 unspecified atom stereocenters. The molecule has 6 heteroatoms. The Hall–Kier alpha value is -1.59. The molecule has 3 aliphatic rings. The van der Waals surface area contributed by atoms with Crippen LogP contribution in [0, 0.1) is 5.92 Å². The number of hydrogen-bond acceptors (Lipinski definition) is 4. The number of carboxylic acids is 1. The zero-order valence-corrected chi connectivity index (χ0v) is 11.4. The zero-order chi connectivity index (χ0) is 14.4. The first-order valence-corrected chi connectivity index (χ1v) is 6.47. The summed E-state index contributed by atoms with van der Waals surface area (Å²) >= 11 is 0. The van der Waals surface area contributed by atoms with Crippen molar-refractivity contribution >= 4 is 17.8 Å². The number of aliphatic carboxylic acids is 1. The van der Waals surface area contributed by atoms with Crippen molar-refractivity contribution < 1.29 is 24.2 Å². The Morgan fingerprint density at radius 1 is 1.32 bits per heavy atom. The van der Waals surface area contributed by atoms with Gasteiger partial charge in [-0.05, 0) is 33.6 Å². The second-order valence-electron chi connectivity index (χ2n) is 6.18. The lowest BCUT2D eigenvalue weighted by molar-refractivity contribution is -0.158. The summed E-state index contributed by atoms with van der Waals surface area (Å²) < 4.78 is 5.26. The molecule has 1 aliphatic carbocycles. The molecule has 3 atom stereocenters. The van der Waals surface area contributed by atoms with Crippen LogP contribution in [0.25, 0.3) is 0 Å². The number of carboxylic acid groups (broad SMARTS) is 1. The van der Waals surface area contributed by atoms with Crippen LogP contribution < -0.4 is 0 Å². The summed E-state index contributed by atoms with van der Waals surface area (Å²) in [6.45, 7) is 5.19. The number of ether oxygens (including phenoxy) is 1. The van der Waals surface area contributed by atoms with Gasteiger partial charge in [0.15, 0.2) is 0 Å². The molecule has 3 fully saturated rings. The molecule has 2 bridgehead atoms. The van der Waals surface area contributed by atoms with E-state index in [1.165, 1.54) is 4.90 Å². The van der Waals surface area contributed by atoms with Gasteiger partial charge >= 0.3 is 12.1 Å². The van der Waals surface area contributed by atoms with Gasteiger partial charge in [-0.2, -0.15) is 0 Å². The van der Waals surface area contributed by atoms with E-state index in [9.17, 15) is 19.5 Å². The van der Waals surface area contributed by atoms with Crippen LogP contribution in [0.1, 0.15) is 40.0 Å². The van der Waals surface area contributed by atoms with Crippen LogP contribution in [0.2, 0.25) is 0 Å². The fourth-order valence-corrected chi connectivity index (χ4v) is 2.88. The maximum absolute atomic E-state index is 12.2.